The van der Waals surface area contributed by atoms with E-state index in [1.807, 2.05) is 24.3 Å². The van der Waals surface area contributed by atoms with Crippen molar-refractivity contribution >= 4 is 26.7 Å². The van der Waals surface area contributed by atoms with Gasteiger partial charge in [-0.15, -0.1) is 0 Å². The van der Waals surface area contributed by atoms with E-state index < -0.39 is 0 Å². The molecule has 0 saturated carbocycles. The topological polar surface area (TPSA) is 18.5 Å². The molecule has 0 unspecified atom stereocenters. The molecular weight excluding hydrogens is 256 g/mol. The van der Waals surface area contributed by atoms with Crippen molar-refractivity contribution in [3.05, 3.63) is 40.9 Å². The maximum atomic E-state index is 5.53. The zero-order valence-corrected chi connectivity index (χ0v) is 9.95. The molecule has 0 spiro atoms. The van der Waals surface area contributed by atoms with Gasteiger partial charge in [0.2, 0.25) is 0 Å². The number of hydrogen-bond donors (Lipinski definition) is 0. The molecule has 0 aliphatic heterocycles. The fourth-order valence-corrected chi connectivity index (χ4v) is 1.94. The lowest BCUT2D eigenvalue weighted by molar-refractivity contribution is 0.0517. The van der Waals surface area contributed by atoms with Crippen LogP contribution in [0.2, 0.25) is 0 Å². The van der Waals surface area contributed by atoms with E-state index in [4.69, 9.17) is 9.47 Å². The Bertz CT molecular complexity index is 468. The summed E-state index contributed by atoms with van der Waals surface area (Å²) in [6.07, 6.45) is 0. The van der Waals surface area contributed by atoms with Crippen LogP contribution >= 0.6 is 15.9 Å². The largest absolute Gasteiger partial charge is 0.466 e. The van der Waals surface area contributed by atoms with Crippen molar-refractivity contribution in [3.63, 3.8) is 0 Å². The van der Waals surface area contributed by atoms with E-state index in [2.05, 4.69) is 28.1 Å². The second-order valence-electron chi connectivity index (χ2n) is 3.15. The molecule has 0 aromatic heterocycles. The van der Waals surface area contributed by atoms with E-state index in [1.165, 1.54) is 0 Å². The van der Waals surface area contributed by atoms with E-state index in [1.54, 1.807) is 7.11 Å². The second-order valence-corrected chi connectivity index (χ2v) is 4.00. The maximum absolute atomic E-state index is 5.53. The number of halogens is 1. The fraction of sp³-hybridized carbons (Fsp3) is 0.167. The van der Waals surface area contributed by atoms with Crippen LogP contribution in [0.5, 0.6) is 5.75 Å². The van der Waals surface area contributed by atoms with Crippen LogP contribution in [-0.4, -0.2) is 13.9 Å². The van der Waals surface area contributed by atoms with Crippen molar-refractivity contribution in [2.24, 2.45) is 0 Å². The van der Waals surface area contributed by atoms with Gasteiger partial charge in [-0.1, -0.05) is 30.3 Å². The Morgan fingerprint density at radius 1 is 1.13 bits per heavy atom. The Labute approximate surface area is 96.9 Å². The third-order valence-corrected chi connectivity index (χ3v) is 2.78. The molecule has 0 saturated heterocycles. The summed E-state index contributed by atoms with van der Waals surface area (Å²) in [5, 5.41) is 2.25. The summed E-state index contributed by atoms with van der Waals surface area (Å²) in [7, 11) is 1.61. The van der Waals surface area contributed by atoms with Crippen molar-refractivity contribution in [1.82, 2.24) is 0 Å². The lowest BCUT2D eigenvalue weighted by Gasteiger charge is -2.10. The number of methoxy groups -OCH3 is 1. The minimum atomic E-state index is 0.257. The predicted molar refractivity (Wildman–Crippen MR) is 64.2 cm³/mol. The molecule has 0 N–H and O–H groups in total. The van der Waals surface area contributed by atoms with Crippen LogP contribution in [0.1, 0.15) is 0 Å². The fourth-order valence-electron chi connectivity index (χ4n) is 1.48. The summed E-state index contributed by atoms with van der Waals surface area (Å²) in [6, 6.07) is 12.1. The second kappa shape index (κ2) is 4.64. The lowest BCUT2D eigenvalue weighted by Crippen LogP contribution is -1.99. The quantitative estimate of drug-likeness (QED) is 0.791. The standard InChI is InChI=1S/C12H11BrO2/c1-14-8-15-12-10-5-3-2-4-9(10)6-7-11(12)13/h2-7H,8H2,1H3. The Kier molecular flexibility index (Phi) is 3.23. The Morgan fingerprint density at radius 2 is 1.93 bits per heavy atom. The lowest BCUT2D eigenvalue weighted by atomic mass is 10.1. The maximum Gasteiger partial charge on any atom is 0.188 e. The van der Waals surface area contributed by atoms with Crippen LogP contribution in [0.4, 0.5) is 0 Å². The first kappa shape index (κ1) is 10.5. The molecule has 2 aromatic carbocycles. The summed E-state index contributed by atoms with van der Waals surface area (Å²) in [5.41, 5.74) is 0. The summed E-state index contributed by atoms with van der Waals surface area (Å²) < 4.78 is 11.4. The highest BCUT2D eigenvalue weighted by Gasteiger charge is 2.05. The molecule has 2 rings (SSSR count). The summed E-state index contributed by atoms with van der Waals surface area (Å²) in [4.78, 5) is 0. The van der Waals surface area contributed by atoms with Crippen molar-refractivity contribution in [2.45, 2.75) is 0 Å². The van der Waals surface area contributed by atoms with E-state index in [-0.39, 0.29) is 6.79 Å². The molecule has 3 heteroatoms. The highest BCUT2D eigenvalue weighted by atomic mass is 79.9. The third kappa shape index (κ3) is 2.13. The molecular formula is C12H11BrO2. The number of rotatable bonds is 3. The van der Waals surface area contributed by atoms with Gasteiger partial charge < -0.3 is 9.47 Å². The number of ether oxygens (including phenoxy) is 2. The van der Waals surface area contributed by atoms with E-state index in [0.29, 0.717) is 0 Å². The first-order valence-electron chi connectivity index (χ1n) is 4.62. The van der Waals surface area contributed by atoms with Crippen LogP contribution in [0.3, 0.4) is 0 Å². The molecule has 0 atom stereocenters. The van der Waals surface area contributed by atoms with E-state index in [0.717, 1.165) is 21.0 Å². The van der Waals surface area contributed by atoms with Crippen LogP contribution in [0, 0.1) is 0 Å². The van der Waals surface area contributed by atoms with Crippen molar-refractivity contribution < 1.29 is 9.47 Å². The van der Waals surface area contributed by atoms with E-state index >= 15 is 0 Å². The molecule has 0 bridgehead atoms. The SMILES string of the molecule is COCOc1c(Br)ccc2ccccc12. The van der Waals surface area contributed by atoms with Gasteiger partial charge in [0, 0.05) is 12.5 Å². The van der Waals surface area contributed by atoms with Gasteiger partial charge in [0.25, 0.3) is 0 Å². The number of benzene rings is 2. The van der Waals surface area contributed by atoms with Gasteiger partial charge >= 0.3 is 0 Å². The van der Waals surface area contributed by atoms with Gasteiger partial charge in [-0.05, 0) is 27.4 Å². The van der Waals surface area contributed by atoms with Crippen LogP contribution in [0.15, 0.2) is 40.9 Å². The van der Waals surface area contributed by atoms with Crippen LogP contribution in [0.25, 0.3) is 10.8 Å². The van der Waals surface area contributed by atoms with Gasteiger partial charge in [-0.2, -0.15) is 0 Å². The molecule has 0 aliphatic rings. The van der Waals surface area contributed by atoms with Crippen LogP contribution in [-0.2, 0) is 4.74 Å². The van der Waals surface area contributed by atoms with Gasteiger partial charge in [-0.3, -0.25) is 0 Å². The zero-order chi connectivity index (χ0) is 10.7. The first-order chi connectivity index (χ1) is 7.33. The van der Waals surface area contributed by atoms with Crippen molar-refractivity contribution in [2.75, 3.05) is 13.9 Å². The predicted octanol–water partition coefficient (Wildman–Crippen LogP) is 3.59. The molecule has 0 amide bonds. The Hall–Kier alpha value is -1.06. The summed E-state index contributed by atoms with van der Waals surface area (Å²) in [5.74, 6) is 0.829. The minimum Gasteiger partial charge on any atom is -0.466 e. The summed E-state index contributed by atoms with van der Waals surface area (Å²) >= 11 is 3.47. The Morgan fingerprint density at radius 3 is 2.73 bits per heavy atom. The van der Waals surface area contributed by atoms with Crippen LogP contribution < -0.4 is 4.74 Å². The van der Waals surface area contributed by atoms with Crippen molar-refractivity contribution in [3.8, 4) is 5.75 Å². The molecule has 0 aliphatic carbocycles. The average molecular weight is 267 g/mol. The van der Waals surface area contributed by atoms with Gasteiger partial charge in [0.1, 0.15) is 5.75 Å². The number of hydrogen-bond acceptors (Lipinski definition) is 2. The Balaban J connectivity index is 2.53. The third-order valence-electron chi connectivity index (χ3n) is 2.15. The number of fused-ring (bicyclic) bond motifs is 1. The van der Waals surface area contributed by atoms with E-state index in [9.17, 15) is 0 Å². The van der Waals surface area contributed by atoms with Gasteiger partial charge in [0.15, 0.2) is 6.79 Å². The monoisotopic (exact) mass is 266 g/mol. The van der Waals surface area contributed by atoms with Crippen molar-refractivity contribution in [1.29, 1.82) is 0 Å². The van der Waals surface area contributed by atoms with Gasteiger partial charge in [0.05, 0.1) is 4.47 Å². The smallest absolute Gasteiger partial charge is 0.188 e. The zero-order valence-electron chi connectivity index (χ0n) is 8.37. The highest BCUT2D eigenvalue weighted by Crippen LogP contribution is 2.33. The molecule has 15 heavy (non-hydrogen) atoms. The molecule has 0 heterocycles. The first-order valence-corrected chi connectivity index (χ1v) is 5.41. The van der Waals surface area contributed by atoms with Gasteiger partial charge in [-0.25, -0.2) is 0 Å². The molecule has 0 fully saturated rings. The molecule has 2 aromatic rings. The molecule has 78 valence electrons. The minimum absolute atomic E-state index is 0.257. The molecule has 2 nitrogen and oxygen atoms in total. The molecule has 0 radical (unpaired) electrons. The summed E-state index contributed by atoms with van der Waals surface area (Å²) in [6.45, 7) is 0.257. The highest BCUT2D eigenvalue weighted by molar-refractivity contribution is 9.10. The average Bonchev–Trinajstić information content (AvgIpc) is 2.28. The normalized spacial score (nSPS) is 10.5.